The number of hydrogen-bond donors (Lipinski definition) is 2. The number of nitrogens with zero attached hydrogens (tertiary/aromatic N) is 8. The largest absolute Gasteiger partial charge is 0.378 e. The first-order chi connectivity index (χ1) is 17.5. The average molecular weight is 493 g/mol. The van der Waals surface area contributed by atoms with E-state index in [4.69, 9.17) is 31.2 Å². The van der Waals surface area contributed by atoms with Gasteiger partial charge in [-0.25, -0.2) is 24.9 Å². The van der Waals surface area contributed by atoms with Crippen LogP contribution in [-0.4, -0.2) is 74.8 Å². The molecule has 36 heavy (non-hydrogen) atoms. The molecule has 0 aromatic carbocycles. The lowest BCUT2D eigenvalue weighted by Crippen LogP contribution is -2.39. The van der Waals surface area contributed by atoms with Crippen LogP contribution in [-0.2, 0) is 16.1 Å². The lowest BCUT2D eigenvalue weighted by Gasteiger charge is -2.31. The number of anilines is 3. The van der Waals surface area contributed by atoms with Crippen LogP contribution in [0, 0.1) is 18.8 Å². The Morgan fingerprint density at radius 2 is 1.78 bits per heavy atom. The predicted octanol–water partition coefficient (Wildman–Crippen LogP) is 1.12. The number of rotatable bonds is 6. The van der Waals surface area contributed by atoms with Crippen LogP contribution in [0.3, 0.4) is 0 Å². The van der Waals surface area contributed by atoms with Gasteiger partial charge in [0.05, 0.1) is 24.5 Å². The van der Waals surface area contributed by atoms with Crippen molar-refractivity contribution in [3.63, 3.8) is 0 Å². The third-order valence-electron chi connectivity index (χ3n) is 7.42. The number of primary amides is 1. The summed E-state index contributed by atoms with van der Waals surface area (Å²) < 4.78 is 7.85. The van der Waals surface area contributed by atoms with Crippen molar-refractivity contribution in [2.24, 2.45) is 17.6 Å². The second-order valence-corrected chi connectivity index (χ2v) is 10.00. The van der Waals surface area contributed by atoms with Crippen LogP contribution in [0.25, 0.3) is 22.6 Å². The zero-order chi connectivity index (χ0) is 24.8. The molecule has 1 aliphatic carbocycles. The number of hydrogen-bond acceptors (Lipinski definition) is 10. The second-order valence-electron chi connectivity index (χ2n) is 10.00. The van der Waals surface area contributed by atoms with Gasteiger partial charge in [0.25, 0.3) is 0 Å². The molecule has 0 unspecified atom stereocenters. The third kappa shape index (κ3) is 4.29. The average Bonchev–Trinajstić information content (AvgIpc) is 3.64. The molecule has 3 aliphatic rings. The van der Waals surface area contributed by atoms with E-state index in [0.29, 0.717) is 25.0 Å². The SMILES string of the molecule is Cc1nc(N)ncc1-c1nc(N2CCOCC2)c2nc(N3CCC(C(N)=O)CC3)n(CC3CC3)c2n1. The number of carbonyl (C=O) groups excluding carboxylic acids is 1. The fourth-order valence-electron chi connectivity index (χ4n) is 5.13. The maximum Gasteiger partial charge on any atom is 0.220 e. The van der Waals surface area contributed by atoms with Gasteiger partial charge >= 0.3 is 0 Å². The number of aromatic nitrogens is 6. The van der Waals surface area contributed by atoms with Crippen molar-refractivity contribution in [2.75, 3.05) is 54.9 Å². The summed E-state index contributed by atoms with van der Waals surface area (Å²) in [5, 5.41) is 0. The number of nitrogens with two attached hydrogens (primary N) is 2. The highest BCUT2D eigenvalue weighted by atomic mass is 16.5. The Bertz CT molecular complexity index is 1290. The Balaban J connectivity index is 1.50. The Morgan fingerprint density at radius 3 is 2.44 bits per heavy atom. The minimum Gasteiger partial charge on any atom is -0.378 e. The fraction of sp³-hybridized carbons (Fsp3) is 0.583. The molecule has 3 aromatic rings. The molecular weight excluding hydrogens is 460 g/mol. The van der Waals surface area contributed by atoms with Crippen molar-refractivity contribution < 1.29 is 9.53 Å². The molecule has 12 nitrogen and oxygen atoms in total. The van der Waals surface area contributed by atoms with Gasteiger partial charge in [-0.2, -0.15) is 0 Å². The highest BCUT2D eigenvalue weighted by Gasteiger charge is 2.32. The Labute approximate surface area is 209 Å². The van der Waals surface area contributed by atoms with Crippen LogP contribution >= 0.6 is 0 Å². The van der Waals surface area contributed by atoms with E-state index >= 15 is 0 Å². The van der Waals surface area contributed by atoms with Gasteiger partial charge in [-0.1, -0.05) is 0 Å². The van der Waals surface area contributed by atoms with Crippen molar-refractivity contribution in [1.82, 2.24) is 29.5 Å². The molecule has 5 heterocycles. The zero-order valence-electron chi connectivity index (χ0n) is 20.6. The summed E-state index contributed by atoms with van der Waals surface area (Å²) >= 11 is 0. The maximum atomic E-state index is 11.7. The monoisotopic (exact) mass is 492 g/mol. The maximum absolute atomic E-state index is 11.7. The predicted molar refractivity (Wildman–Crippen MR) is 135 cm³/mol. The van der Waals surface area contributed by atoms with E-state index < -0.39 is 0 Å². The van der Waals surface area contributed by atoms with Crippen LogP contribution in [0.5, 0.6) is 0 Å². The summed E-state index contributed by atoms with van der Waals surface area (Å²) in [6.45, 7) is 6.97. The smallest absolute Gasteiger partial charge is 0.220 e. The number of morpholine rings is 1. The van der Waals surface area contributed by atoms with Gasteiger partial charge in [-0.3, -0.25) is 9.36 Å². The molecule has 190 valence electrons. The summed E-state index contributed by atoms with van der Waals surface area (Å²) in [6.07, 6.45) is 5.58. The van der Waals surface area contributed by atoms with E-state index in [1.165, 1.54) is 12.8 Å². The van der Waals surface area contributed by atoms with Gasteiger partial charge in [-0.15, -0.1) is 0 Å². The number of carbonyl (C=O) groups is 1. The van der Waals surface area contributed by atoms with Gasteiger partial charge in [0.1, 0.15) is 0 Å². The van der Waals surface area contributed by atoms with Crippen LogP contribution < -0.4 is 21.3 Å². The summed E-state index contributed by atoms with van der Waals surface area (Å²) in [5.74, 6) is 2.82. The number of fused-ring (bicyclic) bond motifs is 1. The van der Waals surface area contributed by atoms with Crippen molar-refractivity contribution in [1.29, 1.82) is 0 Å². The molecule has 6 rings (SSSR count). The first kappa shape index (κ1) is 22.9. The molecule has 1 amide bonds. The molecule has 12 heteroatoms. The molecule has 2 saturated heterocycles. The normalized spacial score (nSPS) is 19.2. The Kier molecular flexibility index (Phi) is 5.82. The second kappa shape index (κ2) is 9.16. The minimum atomic E-state index is -0.215. The minimum absolute atomic E-state index is 0.0775. The number of piperidine rings is 1. The molecule has 0 radical (unpaired) electrons. The van der Waals surface area contributed by atoms with Gasteiger partial charge in [0.2, 0.25) is 17.8 Å². The number of imidazole rings is 1. The lowest BCUT2D eigenvalue weighted by molar-refractivity contribution is -0.122. The molecule has 3 aromatic heterocycles. The van der Waals surface area contributed by atoms with E-state index in [9.17, 15) is 4.79 Å². The first-order valence-electron chi connectivity index (χ1n) is 12.7. The molecular formula is C24H32N10O2. The van der Waals surface area contributed by atoms with E-state index in [2.05, 4.69) is 24.3 Å². The van der Waals surface area contributed by atoms with Crippen molar-refractivity contribution in [3.05, 3.63) is 11.9 Å². The molecule has 0 spiro atoms. The van der Waals surface area contributed by atoms with Crippen molar-refractivity contribution >= 4 is 34.8 Å². The van der Waals surface area contributed by atoms with Crippen molar-refractivity contribution in [3.8, 4) is 11.4 Å². The van der Waals surface area contributed by atoms with Crippen LogP contribution in [0.1, 0.15) is 31.4 Å². The van der Waals surface area contributed by atoms with Crippen LogP contribution in [0.2, 0.25) is 0 Å². The van der Waals surface area contributed by atoms with Crippen molar-refractivity contribution in [2.45, 2.75) is 39.2 Å². The number of nitrogen functional groups attached to an aromatic ring is 1. The van der Waals surface area contributed by atoms with Crippen LogP contribution in [0.4, 0.5) is 17.7 Å². The van der Waals surface area contributed by atoms with E-state index in [1.807, 2.05) is 6.92 Å². The van der Waals surface area contributed by atoms with Crippen LogP contribution in [0.15, 0.2) is 6.20 Å². The molecule has 4 N–H and O–H groups in total. The Morgan fingerprint density at radius 1 is 1.03 bits per heavy atom. The van der Waals surface area contributed by atoms with E-state index in [1.54, 1.807) is 6.20 Å². The standard InChI is InChI=1S/C24H32N10O2/c1-14-17(12-27-23(26)28-14)20-30-21(32-8-10-36-11-9-32)18-22(31-20)34(13-15-2-3-15)24(29-18)33-6-4-16(5-7-33)19(25)35/h12,15-16H,2-11,13H2,1H3,(H2,25,35)(H2,26,27,28). The summed E-state index contributed by atoms with van der Waals surface area (Å²) in [6, 6.07) is 0. The van der Waals surface area contributed by atoms with Gasteiger partial charge in [-0.05, 0) is 38.5 Å². The summed E-state index contributed by atoms with van der Waals surface area (Å²) in [7, 11) is 0. The molecule has 0 atom stereocenters. The highest BCUT2D eigenvalue weighted by molar-refractivity contribution is 5.88. The quantitative estimate of drug-likeness (QED) is 0.511. The topological polar surface area (TPSA) is 154 Å². The van der Waals surface area contributed by atoms with Gasteiger partial charge in [0, 0.05) is 44.8 Å². The van der Waals surface area contributed by atoms with E-state index in [0.717, 1.165) is 79.8 Å². The molecule has 3 fully saturated rings. The van der Waals surface area contributed by atoms with Gasteiger partial charge < -0.3 is 26.0 Å². The number of amides is 1. The molecule has 1 saturated carbocycles. The highest BCUT2D eigenvalue weighted by Crippen LogP contribution is 2.37. The van der Waals surface area contributed by atoms with Gasteiger partial charge in [0.15, 0.2) is 22.8 Å². The number of aryl methyl sites for hydroxylation is 1. The third-order valence-corrected chi connectivity index (χ3v) is 7.42. The molecule has 0 bridgehead atoms. The number of ether oxygens (including phenoxy) is 1. The fourth-order valence-corrected chi connectivity index (χ4v) is 5.13. The first-order valence-corrected chi connectivity index (χ1v) is 12.7. The lowest BCUT2D eigenvalue weighted by atomic mass is 9.96. The zero-order valence-corrected chi connectivity index (χ0v) is 20.6. The summed E-state index contributed by atoms with van der Waals surface area (Å²) in [4.78, 5) is 40.0. The summed E-state index contributed by atoms with van der Waals surface area (Å²) in [5.41, 5.74) is 14.5. The van der Waals surface area contributed by atoms with E-state index in [-0.39, 0.29) is 17.8 Å². The Hall–Kier alpha value is -3.54. The molecule has 2 aliphatic heterocycles.